The Morgan fingerprint density at radius 1 is 1.00 bits per heavy atom. The van der Waals surface area contributed by atoms with E-state index >= 15 is 0 Å². The van der Waals surface area contributed by atoms with Crippen molar-refractivity contribution in [1.82, 2.24) is 4.90 Å². The zero-order valence-electron chi connectivity index (χ0n) is 14.8. The molecule has 0 radical (unpaired) electrons. The molecule has 2 heterocycles. The number of hydrogen-bond acceptors (Lipinski definition) is 3. The van der Waals surface area contributed by atoms with Gasteiger partial charge in [0.15, 0.2) is 11.5 Å². The van der Waals surface area contributed by atoms with E-state index in [9.17, 15) is 4.79 Å². The van der Waals surface area contributed by atoms with Crippen LogP contribution in [-0.2, 0) is 4.79 Å². The van der Waals surface area contributed by atoms with Crippen molar-refractivity contribution in [2.45, 2.75) is 31.1 Å². The van der Waals surface area contributed by atoms with Gasteiger partial charge in [0.05, 0.1) is 5.92 Å². The van der Waals surface area contributed by atoms with Crippen LogP contribution in [-0.4, -0.2) is 30.7 Å². The van der Waals surface area contributed by atoms with Crippen molar-refractivity contribution in [3.8, 4) is 11.5 Å². The summed E-state index contributed by atoms with van der Waals surface area (Å²) in [4.78, 5) is 15.3. The molecule has 0 aromatic heterocycles. The molecule has 4 nitrogen and oxygen atoms in total. The average Bonchev–Trinajstić information content (AvgIpc) is 3.20. The van der Waals surface area contributed by atoms with Gasteiger partial charge in [-0.1, -0.05) is 36.4 Å². The van der Waals surface area contributed by atoms with Gasteiger partial charge in [0.2, 0.25) is 12.7 Å². The van der Waals surface area contributed by atoms with Gasteiger partial charge in [0.1, 0.15) is 0 Å². The molecule has 1 saturated carbocycles. The van der Waals surface area contributed by atoms with Crippen LogP contribution < -0.4 is 9.47 Å². The maximum absolute atomic E-state index is 13.3. The largest absolute Gasteiger partial charge is 0.454 e. The number of benzene rings is 2. The highest BCUT2D eigenvalue weighted by Crippen LogP contribution is 2.45. The van der Waals surface area contributed by atoms with Crippen LogP contribution in [0.4, 0.5) is 0 Å². The Morgan fingerprint density at radius 3 is 2.62 bits per heavy atom. The molecule has 2 aliphatic heterocycles. The molecule has 2 aromatic rings. The number of nitrogens with zero attached hydrogens (tertiary/aromatic N) is 1. The molecule has 4 heteroatoms. The lowest BCUT2D eigenvalue weighted by molar-refractivity contribution is -0.132. The van der Waals surface area contributed by atoms with Crippen molar-refractivity contribution in [2.75, 3.05) is 19.9 Å². The SMILES string of the molecule is O=C(C(c1ccccc1)C1CC1)N1CCC(c2ccc3c(c2)OCO3)C1. The summed E-state index contributed by atoms with van der Waals surface area (Å²) >= 11 is 0. The maximum Gasteiger partial charge on any atom is 0.231 e. The molecular formula is C22H23NO3. The molecule has 1 aliphatic carbocycles. The number of carbonyl (C=O) groups is 1. The highest BCUT2D eigenvalue weighted by molar-refractivity contribution is 5.85. The molecule has 134 valence electrons. The van der Waals surface area contributed by atoms with E-state index in [1.807, 2.05) is 24.3 Å². The molecule has 2 atom stereocenters. The second-order valence-electron chi connectivity index (χ2n) is 7.61. The van der Waals surface area contributed by atoms with Crippen molar-refractivity contribution in [3.05, 3.63) is 59.7 Å². The number of fused-ring (bicyclic) bond motifs is 1. The lowest BCUT2D eigenvalue weighted by Crippen LogP contribution is -2.34. The first-order valence-corrected chi connectivity index (χ1v) is 9.53. The number of ether oxygens (including phenoxy) is 2. The lowest BCUT2D eigenvalue weighted by atomic mass is 9.92. The fraction of sp³-hybridized carbons (Fsp3) is 0.409. The van der Waals surface area contributed by atoms with Crippen LogP contribution in [0.5, 0.6) is 11.5 Å². The molecule has 2 aromatic carbocycles. The minimum Gasteiger partial charge on any atom is -0.454 e. The predicted octanol–water partition coefficient (Wildman–Crippen LogP) is 3.93. The van der Waals surface area contributed by atoms with Crippen molar-refractivity contribution in [1.29, 1.82) is 0 Å². The molecule has 26 heavy (non-hydrogen) atoms. The Labute approximate surface area is 153 Å². The van der Waals surface area contributed by atoms with E-state index in [4.69, 9.17) is 9.47 Å². The van der Waals surface area contributed by atoms with Crippen LogP contribution in [0.25, 0.3) is 0 Å². The Kier molecular flexibility index (Phi) is 3.84. The number of likely N-dealkylation sites (tertiary alicyclic amines) is 1. The summed E-state index contributed by atoms with van der Waals surface area (Å²) < 4.78 is 10.9. The number of carbonyl (C=O) groups excluding carboxylic acids is 1. The van der Waals surface area contributed by atoms with Crippen LogP contribution in [0.1, 0.15) is 42.2 Å². The third-order valence-electron chi connectivity index (χ3n) is 5.89. The van der Waals surface area contributed by atoms with Crippen LogP contribution in [0.15, 0.2) is 48.5 Å². The van der Waals surface area contributed by atoms with E-state index in [-0.39, 0.29) is 5.92 Å². The first-order chi connectivity index (χ1) is 12.8. The summed E-state index contributed by atoms with van der Waals surface area (Å²) in [6.45, 7) is 1.94. The number of rotatable bonds is 4. The molecule has 0 N–H and O–H groups in total. The summed E-state index contributed by atoms with van der Waals surface area (Å²) in [7, 11) is 0. The maximum atomic E-state index is 13.3. The molecule has 5 rings (SSSR count). The highest BCUT2D eigenvalue weighted by Gasteiger charge is 2.41. The van der Waals surface area contributed by atoms with Crippen molar-refractivity contribution < 1.29 is 14.3 Å². The molecule has 0 spiro atoms. The van der Waals surface area contributed by atoms with E-state index < -0.39 is 0 Å². The van der Waals surface area contributed by atoms with E-state index in [1.54, 1.807) is 0 Å². The molecule has 0 bridgehead atoms. The van der Waals surface area contributed by atoms with Gasteiger partial charge in [0, 0.05) is 19.0 Å². The van der Waals surface area contributed by atoms with Crippen LogP contribution >= 0.6 is 0 Å². The van der Waals surface area contributed by atoms with Crippen LogP contribution in [0.2, 0.25) is 0 Å². The quantitative estimate of drug-likeness (QED) is 0.840. The summed E-state index contributed by atoms with van der Waals surface area (Å²) in [6.07, 6.45) is 3.35. The Hall–Kier alpha value is -2.49. The monoisotopic (exact) mass is 349 g/mol. The molecule has 1 amide bonds. The Bertz CT molecular complexity index is 815. The molecule has 2 fully saturated rings. The Morgan fingerprint density at radius 2 is 1.81 bits per heavy atom. The van der Waals surface area contributed by atoms with E-state index in [0.717, 1.165) is 31.0 Å². The topological polar surface area (TPSA) is 38.8 Å². The lowest BCUT2D eigenvalue weighted by Gasteiger charge is -2.24. The standard InChI is InChI=1S/C22H23NO3/c24-22(21(16-6-7-16)15-4-2-1-3-5-15)23-11-10-18(13-23)17-8-9-19-20(12-17)26-14-25-19/h1-5,8-9,12,16,18,21H,6-7,10-11,13-14H2. The van der Waals surface area contributed by atoms with E-state index in [2.05, 4.69) is 29.2 Å². The average molecular weight is 349 g/mol. The third kappa shape index (κ3) is 2.83. The van der Waals surface area contributed by atoms with Gasteiger partial charge in [0.25, 0.3) is 0 Å². The zero-order valence-corrected chi connectivity index (χ0v) is 14.8. The second kappa shape index (κ2) is 6.35. The predicted molar refractivity (Wildman–Crippen MR) is 98.4 cm³/mol. The molecular weight excluding hydrogens is 326 g/mol. The van der Waals surface area contributed by atoms with Gasteiger partial charge in [-0.05, 0) is 48.4 Å². The van der Waals surface area contributed by atoms with Gasteiger partial charge < -0.3 is 14.4 Å². The van der Waals surface area contributed by atoms with E-state index in [0.29, 0.717) is 24.5 Å². The fourth-order valence-corrected chi connectivity index (χ4v) is 4.30. The van der Waals surface area contributed by atoms with Crippen molar-refractivity contribution >= 4 is 5.91 Å². The minimum absolute atomic E-state index is 0.0340. The third-order valence-corrected chi connectivity index (χ3v) is 5.89. The van der Waals surface area contributed by atoms with Gasteiger partial charge in [-0.3, -0.25) is 4.79 Å². The summed E-state index contributed by atoms with van der Waals surface area (Å²) in [5, 5.41) is 0. The summed E-state index contributed by atoms with van der Waals surface area (Å²) in [6, 6.07) is 16.5. The summed E-state index contributed by atoms with van der Waals surface area (Å²) in [5.41, 5.74) is 2.42. The number of amides is 1. The van der Waals surface area contributed by atoms with E-state index in [1.165, 1.54) is 24.0 Å². The van der Waals surface area contributed by atoms with Crippen LogP contribution in [0, 0.1) is 5.92 Å². The molecule has 1 saturated heterocycles. The first-order valence-electron chi connectivity index (χ1n) is 9.53. The first kappa shape index (κ1) is 15.7. The Balaban J connectivity index is 1.33. The number of hydrogen-bond donors (Lipinski definition) is 0. The normalized spacial score (nSPS) is 22.5. The van der Waals surface area contributed by atoms with Gasteiger partial charge in [-0.2, -0.15) is 0 Å². The van der Waals surface area contributed by atoms with Gasteiger partial charge in [-0.25, -0.2) is 0 Å². The van der Waals surface area contributed by atoms with Crippen molar-refractivity contribution in [3.63, 3.8) is 0 Å². The van der Waals surface area contributed by atoms with Crippen molar-refractivity contribution in [2.24, 2.45) is 5.92 Å². The highest BCUT2D eigenvalue weighted by atomic mass is 16.7. The zero-order chi connectivity index (χ0) is 17.5. The smallest absolute Gasteiger partial charge is 0.231 e. The van der Waals surface area contributed by atoms with Crippen LogP contribution in [0.3, 0.4) is 0 Å². The van der Waals surface area contributed by atoms with Gasteiger partial charge in [-0.15, -0.1) is 0 Å². The molecule has 2 unspecified atom stereocenters. The second-order valence-corrected chi connectivity index (χ2v) is 7.61. The summed E-state index contributed by atoms with van der Waals surface area (Å²) in [5.74, 6) is 2.89. The fourth-order valence-electron chi connectivity index (χ4n) is 4.30. The van der Waals surface area contributed by atoms with Gasteiger partial charge >= 0.3 is 0 Å². The minimum atomic E-state index is 0.0340. The molecule has 3 aliphatic rings.